The van der Waals surface area contributed by atoms with E-state index in [9.17, 15) is 4.39 Å². The molecule has 1 saturated carbocycles. The molecule has 1 aromatic carbocycles. The molecule has 3 aromatic heterocycles. The van der Waals surface area contributed by atoms with Crippen molar-refractivity contribution in [3.8, 4) is 22.9 Å². The summed E-state index contributed by atoms with van der Waals surface area (Å²) >= 11 is 0. The molecule has 4 heterocycles. The van der Waals surface area contributed by atoms with Gasteiger partial charge >= 0.3 is 6.01 Å². The van der Waals surface area contributed by atoms with E-state index in [0.29, 0.717) is 24.0 Å². The van der Waals surface area contributed by atoms with E-state index in [-0.39, 0.29) is 17.9 Å². The summed E-state index contributed by atoms with van der Waals surface area (Å²) in [5.74, 6) is 2.14. The van der Waals surface area contributed by atoms with Crippen LogP contribution in [0.15, 0.2) is 42.7 Å². The van der Waals surface area contributed by atoms with Gasteiger partial charge in [0.15, 0.2) is 5.75 Å². The van der Waals surface area contributed by atoms with Crippen LogP contribution < -0.4 is 20.7 Å². The number of anilines is 2. The first kappa shape index (κ1) is 21.4. The van der Waals surface area contributed by atoms with E-state index in [0.717, 1.165) is 70.9 Å². The van der Waals surface area contributed by atoms with Crippen LogP contribution in [0.2, 0.25) is 0 Å². The number of pyridine rings is 2. The molecule has 8 nitrogen and oxygen atoms in total. The van der Waals surface area contributed by atoms with E-state index in [2.05, 4.69) is 20.2 Å². The van der Waals surface area contributed by atoms with Crippen molar-refractivity contribution in [2.75, 3.05) is 30.4 Å². The molecule has 0 amide bonds. The Bertz CT molecular complexity index is 1500. The number of halogens is 1. The van der Waals surface area contributed by atoms with Gasteiger partial charge in [0.1, 0.15) is 11.6 Å². The van der Waals surface area contributed by atoms with Crippen LogP contribution in [-0.2, 0) is 6.42 Å². The lowest BCUT2D eigenvalue weighted by atomic mass is 10.0. The van der Waals surface area contributed by atoms with Gasteiger partial charge in [0.2, 0.25) is 0 Å². The fraction of sp³-hybridized carbons (Fsp3) is 0.333. The fourth-order valence-electron chi connectivity index (χ4n) is 6.21. The van der Waals surface area contributed by atoms with Gasteiger partial charge in [0, 0.05) is 56.1 Å². The Labute approximate surface area is 207 Å². The maximum absolute atomic E-state index is 14.6. The summed E-state index contributed by atoms with van der Waals surface area (Å²) in [6, 6.07) is 9.26. The van der Waals surface area contributed by atoms with E-state index in [4.69, 9.17) is 20.4 Å². The second-order valence-electron chi connectivity index (χ2n) is 10.0. The van der Waals surface area contributed by atoms with E-state index in [1.807, 2.05) is 25.2 Å². The highest BCUT2D eigenvalue weighted by Gasteiger charge is 2.42. The van der Waals surface area contributed by atoms with Crippen molar-refractivity contribution in [1.29, 1.82) is 0 Å². The van der Waals surface area contributed by atoms with E-state index >= 15 is 0 Å². The number of hydrogen-bond donors (Lipinski definition) is 2. The second-order valence-corrected chi connectivity index (χ2v) is 10.0. The predicted octanol–water partition coefficient (Wildman–Crippen LogP) is 4.14. The summed E-state index contributed by atoms with van der Waals surface area (Å²) < 4.78 is 20.7. The van der Waals surface area contributed by atoms with Crippen LogP contribution in [0.4, 0.5) is 15.9 Å². The molecule has 2 unspecified atom stereocenters. The average molecular weight is 484 g/mol. The molecule has 3 N–H and O–H groups in total. The number of rotatable bonds is 4. The molecule has 36 heavy (non-hydrogen) atoms. The lowest BCUT2D eigenvalue weighted by Crippen LogP contribution is -2.26. The number of ether oxygens (including phenoxy) is 1. The molecule has 9 heteroatoms. The first-order chi connectivity index (χ1) is 17.6. The maximum Gasteiger partial charge on any atom is 0.324 e. The number of nitrogens with two attached hydrogens (primary N) is 1. The molecule has 2 fully saturated rings. The zero-order valence-electron chi connectivity index (χ0n) is 19.9. The van der Waals surface area contributed by atoms with Crippen LogP contribution in [0.25, 0.3) is 22.2 Å². The van der Waals surface area contributed by atoms with Crippen molar-refractivity contribution >= 4 is 22.5 Å². The lowest BCUT2D eigenvalue weighted by Gasteiger charge is -2.23. The van der Waals surface area contributed by atoms with Crippen molar-refractivity contribution < 1.29 is 9.13 Å². The highest BCUT2D eigenvalue weighted by atomic mass is 19.1. The molecule has 2 aliphatic carbocycles. The summed E-state index contributed by atoms with van der Waals surface area (Å²) in [6.07, 6.45) is 6.02. The highest BCUT2D eigenvalue weighted by molar-refractivity contribution is 5.88. The number of fused-ring (bicyclic) bond motifs is 5. The van der Waals surface area contributed by atoms with Gasteiger partial charge in [-0.25, -0.2) is 4.39 Å². The molecule has 3 aliphatic rings. The van der Waals surface area contributed by atoms with Crippen LogP contribution in [0.3, 0.4) is 0 Å². The van der Waals surface area contributed by atoms with E-state index < -0.39 is 0 Å². The fourth-order valence-corrected chi connectivity index (χ4v) is 6.21. The average Bonchev–Trinajstić information content (AvgIpc) is 3.53. The van der Waals surface area contributed by atoms with Crippen LogP contribution in [0, 0.1) is 17.7 Å². The zero-order chi connectivity index (χ0) is 24.4. The number of nitrogens with one attached hydrogen (secondary N) is 1. The Morgan fingerprint density at radius 2 is 1.92 bits per heavy atom. The van der Waals surface area contributed by atoms with Gasteiger partial charge in [0.05, 0.1) is 22.9 Å². The van der Waals surface area contributed by atoms with Crippen LogP contribution >= 0.6 is 0 Å². The molecular formula is C27H26FN7O. The van der Waals surface area contributed by atoms with Gasteiger partial charge in [-0.05, 0) is 60.1 Å². The highest BCUT2D eigenvalue weighted by Crippen LogP contribution is 2.48. The van der Waals surface area contributed by atoms with Gasteiger partial charge in [-0.2, -0.15) is 9.97 Å². The minimum Gasteiger partial charge on any atom is -0.423 e. The minimum absolute atomic E-state index is 0.258. The molecule has 0 bridgehead atoms. The van der Waals surface area contributed by atoms with Gasteiger partial charge in [-0.1, -0.05) is 0 Å². The molecule has 7 rings (SSSR count). The largest absolute Gasteiger partial charge is 0.423 e. The topological polar surface area (TPSA) is 102 Å². The lowest BCUT2D eigenvalue weighted by molar-refractivity contribution is 0.439. The molecule has 1 aliphatic heterocycles. The van der Waals surface area contributed by atoms with Gasteiger partial charge in [-0.3, -0.25) is 9.97 Å². The monoisotopic (exact) mass is 483 g/mol. The summed E-state index contributed by atoms with van der Waals surface area (Å²) in [5, 5.41) is 3.14. The maximum atomic E-state index is 14.6. The molecule has 1 saturated heterocycles. The Morgan fingerprint density at radius 3 is 2.72 bits per heavy atom. The first-order valence-corrected chi connectivity index (χ1v) is 12.4. The van der Waals surface area contributed by atoms with Crippen molar-refractivity contribution in [2.24, 2.45) is 17.6 Å². The third-order valence-electron chi connectivity index (χ3n) is 7.76. The summed E-state index contributed by atoms with van der Waals surface area (Å²) in [4.78, 5) is 20.8. The van der Waals surface area contributed by atoms with Crippen LogP contribution in [-0.4, -0.2) is 46.1 Å². The Kier molecular flexibility index (Phi) is 4.82. The number of benzene rings is 1. The number of nitrogens with zero attached hydrogens (tertiary/aromatic N) is 5. The minimum atomic E-state index is -0.281. The van der Waals surface area contributed by atoms with E-state index in [1.54, 1.807) is 18.5 Å². The summed E-state index contributed by atoms with van der Waals surface area (Å²) in [5.41, 5.74) is 12.1. The van der Waals surface area contributed by atoms with Crippen molar-refractivity contribution in [2.45, 2.75) is 25.3 Å². The third kappa shape index (κ3) is 3.45. The van der Waals surface area contributed by atoms with Crippen molar-refractivity contribution in [3.05, 3.63) is 59.8 Å². The molecule has 0 radical (unpaired) electrons. The molecule has 4 aromatic rings. The Morgan fingerprint density at radius 1 is 1.08 bits per heavy atom. The zero-order valence-corrected chi connectivity index (χ0v) is 19.9. The van der Waals surface area contributed by atoms with Crippen molar-refractivity contribution in [3.63, 3.8) is 0 Å². The van der Waals surface area contributed by atoms with Crippen molar-refractivity contribution in [1.82, 2.24) is 19.9 Å². The number of hydrogen-bond acceptors (Lipinski definition) is 8. The SMILES string of the molecule is CNc1cc(F)cc2c1Cc1nc(Oc3cnc4cccnc4c3)nc(N3CC4CC(N)C[C@H]4C3)c1-2. The smallest absolute Gasteiger partial charge is 0.324 e. The normalized spacial score (nSPS) is 22.0. The standard InChI is InChI=1S/C27H26FN7O/c1-30-22-8-16(28)7-20-19(22)10-24-25(20)26(35-12-14-5-17(29)6-15(14)13-35)34-27(33-24)36-18-9-23-21(32-11-18)3-2-4-31-23/h2-4,7-9,11,14-15,17,30H,5-6,10,12-13,29H2,1H3/t14-,15?,17?/m0/s1. The summed E-state index contributed by atoms with van der Waals surface area (Å²) in [7, 11) is 1.81. The van der Waals surface area contributed by atoms with Crippen LogP contribution in [0.1, 0.15) is 24.1 Å². The quantitative estimate of drug-likeness (QED) is 0.393. The summed E-state index contributed by atoms with van der Waals surface area (Å²) in [6.45, 7) is 1.76. The molecule has 0 spiro atoms. The number of aromatic nitrogens is 4. The second kappa shape index (κ2) is 8.09. The molecule has 182 valence electrons. The Hall–Kier alpha value is -3.85. The van der Waals surface area contributed by atoms with Gasteiger partial charge < -0.3 is 20.7 Å². The molecule has 3 atom stereocenters. The third-order valence-corrected chi connectivity index (χ3v) is 7.76. The van der Waals surface area contributed by atoms with Gasteiger partial charge in [0.25, 0.3) is 0 Å². The van der Waals surface area contributed by atoms with Gasteiger partial charge in [-0.15, -0.1) is 0 Å². The Balaban J connectivity index is 1.32. The molecular weight excluding hydrogens is 457 g/mol. The van der Waals surface area contributed by atoms with E-state index in [1.165, 1.54) is 6.07 Å². The predicted molar refractivity (Wildman–Crippen MR) is 136 cm³/mol. The first-order valence-electron chi connectivity index (χ1n) is 12.4. The van der Waals surface area contributed by atoms with Crippen LogP contribution in [0.5, 0.6) is 11.8 Å².